The first-order valence-electron chi connectivity index (χ1n) is 8.04. The van der Waals surface area contributed by atoms with Gasteiger partial charge in [-0.2, -0.15) is 0 Å². The molecule has 4 rings (SSSR count). The van der Waals surface area contributed by atoms with Crippen LogP contribution in [0.4, 0.5) is 0 Å². The Labute approximate surface area is 163 Å². The van der Waals surface area contributed by atoms with Crippen molar-refractivity contribution in [3.8, 4) is 27.9 Å². The van der Waals surface area contributed by atoms with E-state index in [1.807, 2.05) is 48.7 Å². The van der Waals surface area contributed by atoms with E-state index in [-0.39, 0.29) is 5.25 Å². The van der Waals surface area contributed by atoms with Gasteiger partial charge in [0, 0.05) is 5.56 Å². The summed E-state index contributed by atoms with van der Waals surface area (Å²) in [5.74, 6) is 8.55. The number of rotatable bonds is 6. The summed E-state index contributed by atoms with van der Waals surface area (Å²) in [5.41, 5.74) is 0.850. The molecule has 2 N–H and O–H groups in total. The van der Waals surface area contributed by atoms with Crippen molar-refractivity contribution in [3.05, 3.63) is 47.7 Å². The third-order valence-electron chi connectivity index (χ3n) is 3.82. The Morgan fingerprint density at radius 3 is 2.67 bits per heavy atom. The zero-order chi connectivity index (χ0) is 18.8. The summed E-state index contributed by atoms with van der Waals surface area (Å²) < 4.78 is 12.4. The average Bonchev–Trinajstić information content (AvgIpc) is 3.43. The smallest absolute Gasteiger partial charge is 0.257 e. The van der Waals surface area contributed by atoms with Crippen molar-refractivity contribution < 1.29 is 9.15 Å². The lowest BCUT2D eigenvalue weighted by atomic mass is 10.2. The van der Waals surface area contributed by atoms with E-state index < -0.39 is 0 Å². The van der Waals surface area contributed by atoms with Crippen molar-refractivity contribution in [3.63, 3.8) is 0 Å². The second kappa shape index (κ2) is 7.41. The molecule has 0 saturated carbocycles. The number of nitrogen functional groups attached to an aromatic ring is 1. The summed E-state index contributed by atoms with van der Waals surface area (Å²) in [6.45, 7) is 1.96. The monoisotopic (exact) mass is 400 g/mol. The summed E-state index contributed by atoms with van der Waals surface area (Å²) in [6, 6.07) is 11.4. The van der Waals surface area contributed by atoms with Crippen LogP contribution in [0.5, 0.6) is 5.75 Å². The summed E-state index contributed by atoms with van der Waals surface area (Å²) in [5, 5.41) is 19.0. The van der Waals surface area contributed by atoms with Crippen molar-refractivity contribution in [2.45, 2.75) is 17.3 Å². The van der Waals surface area contributed by atoms with Crippen molar-refractivity contribution in [2.75, 3.05) is 13.0 Å². The van der Waals surface area contributed by atoms with Gasteiger partial charge in [0.2, 0.25) is 11.0 Å². The molecule has 0 aliphatic rings. The minimum Gasteiger partial charge on any atom is -0.497 e. The molecule has 0 amide bonds. The van der Waals surface area contributed by atoms with Gasteiger partial charge in [-0.15, -0.1) is 31.7 Å². The van der Waals surface area contributed by atoms with Gasteiger partial charge >= 0.3 is 0 Å². The lowest BCUT2D eigenvalue weighted by Gasteiger charge is -2.07. The van der Waals surface area contributed by atoms with Crippen molar-refractivity contribution >= 4 is 23.1 Å². The molecule has 3 heterocycles. The van der Waals surface area contributed by atoms with Crippen molar-refractivity contribution in [1.29, 1.82) is 0 Å². The minimum atomic E-state index is -0.124. The Morgan fingerprint density at radius 1 is 1.15 bits per heavy atom. The summed E-state index contributed by atoms with van der Waals surface area (Å²) in [7, 11) is 1.62. The Hall–Kier alpha value is -2.85. The highest BCUT2D eigenvalue weighted by Crippen LogP contribution is 2.35. The minimum absolute atomic E-state index is 0.124. The molecule has 3 aromatic heterocycles. The van der Waals surface area contributed by atoms with E-state index in [9.17, 15) is 0 Å². The van der Waals surface area contributed by atoms with Gasteiger partial charge in [0.25, 0.3) is 5.89 Å². The third-order valence-corrected chi connectivity index (χ3v) is 5.72. The van der Waals surface area contributed by atoms with Crippen LogP contribution in [0.15, 0.2) is 51.4 Å². The number of aromatic nitrogens is 5. The zero-order valence-corrected chi connectivity index (χ0v) is 16.2. The maximum Gasteiger partial charge on any atom is 0.257 e. The maximum atomic E-state index is 6.19. The highest BCUT2D eigenvalue weighted by molar-refractivity contribution is 7.99. The van der Waals surface area contributed by atoms with Gasteiger partial charge in [0.1, 0.15) is 5.75 Å². The Morgan fingerprint density at radius 2 is 1.96 bits per heavy atom. The predicted octanol–water partition coefficient (Wildman–Crippen LogP) is 3.63. The molecule has 1 atom stereocenters. The highest BCUT2D eigenvalue weighted by atomic mass is 32.2. The molecule has 0 unspecified atom stereocenters. The van der Waals surface area contributed by atoms with E-state index in [1.165, 1.54) is 16.4 Å². The van der Waals surface area contributed by atoms with Crippen LogP contribution in [-0.2, 0) is 0 Å². The molecule has 138 valence electrons. The lowest BCUT2D eigenvalue weighted by molar-refractivity contribution is 0.415. The topological polar surface area (TPSA) is 105 Å². The lowest BCUT2D eigenvalue weighted by Crippen LogP contribution is -2.12. The van der Waals surface area contributed by atoms with Gasteiger partial charge in [-0.3, -0.25) is 0 Å². The second-order valence-corrected chi connectivity index (χ2v) is 7.84. The second-order valence-electron chi connectivity index (χ2n) is 5.59. The first-order chi connectivity index (χ1) is 13.2. The number of thiophene rings is 1. The standard InChI is InChI=1S/C17H16N6O2S2/c1-10(15-20-21-16(25-15)13-4-3-9-26-13)27-17-22-19-14(23(17)18)11-5-7-12(24-2)8-6-11/h3-10H,18H2,1-2H3/t10-/m0/s1. The molecule has 10 heteroatoms. The molecule has 0 radical (unpaired) electrons. The highest BCUT2D eigenvalue weighted by Gasteiger charge is 2.21. The number of hydrogen-bond donors (Lipinski definition) is 1. The summed E-state index contributed by atoms with van der Waals surface area (Å²) in [6.07, 6.45) is 0. The third kappa shape index (κ3) is 3.53. The maximum absolute atomic E-state index is 6.19. The molecule has 0 aliphatic heterocycles. The molecule has 0 aliphatic carbocycles. The number of ether oxygens (including phenoxy) is 1. The molecule has 27 heavy (non-hydrogen) atoms. The van der Waals surface area contributed by atoms with E-state index in [2.05, 4.69) is 20.4 Å². The molecule has 0 saturated heterocycles. The molecule has 4 aromatic rings. The Balaban J connectivity index is 1.52. The molecular weight excluding hydrogens is 384 g/mol. The fraction of sp³-hybridized carbons (Fsp3) is 0.176. The fourth-order valence-corrected chi connectivity index (χ4v) is 3.85. The molecule has 0 bridgehead atoms. The van der Waals surface area contributed by atoms with E-state index in [4.69, 9.17) is 15.0 Å². The van der Waals surface area contributed by atoms with Gasteiger partial charge < -0.3 is 15.0 Å². The molecular formula is C17H16N6O2S2. The van der Waals surface area contributed by atoms with Crippen LogP contribution >= 0.6 is 23.1 Å². The molecule has 0 fully saturated rings. The molecule has 0 spiro atoms. The number of hydrogen-bond acceptors (Lipinski definition) is 9. The van der Waals surface area contributed by atoms with Crippen LogP contribution < -0.4 is 10.6 Å². The van der Waals surface area contributed by atoms with E-state index in [1.54, 1.807) is 18.4 Å². The Kier molecular flexibility index (Phi) is 4.82. The zero-order valence-electron chi connectivity index (χ0n) is 14.6. The van der Waals surface area contributed by atoms with Crippen LogP contribution in [0, 0.1) is 0 Å². The molecule has 8 nitrogen and oxygen atoms in total. The summed E-state index contributed by atoms with van der Waals surface area (Å²) >= 11 is 2.96. The predicted molar refractivity (Wildman–Crippen MR) is 104 cm³/mol. The van der Waals surface area contributed by atoms with Gasteiger partial charge in [-0.1, -0.05) is 17.8 Å². The van der Waals surface area contributed by atoms with Crippen LogP contribution in [0.3, 0.4) is 0 Å². The van der Waals surface area contributed by atoms with Crippen LogP contribution in [-0.4, -0.2) is 32.2 Å². The van der Waals surface area contributed by atoms with Crippen LogP contribution in [0.2, 0.25) is 0 Å². The Bertz CT molecular complexity index is 1030. The van der Waals surface area contributed by atoms with Gasteiger partial charge in [0.15, 0.2) is 5.82 Å². The van der Waals surface area contributed by atoms with E-state index in [0.29, 0.717) is 22.8 Å². The van der Waals surface area contributed by atoms with E-state index in [0.717, 1.165) is 16.2 Å². The van der Waals surface area contributed by atoms with Crippen molar-refractivity contribution in [2.24, 2.45) is 0 Å². The number of benzene rings is 1. The van der Waals surface area contributed by atoms with Gasteiger partial charge in [-0.25, -0.2) is 4.68 Å². The van der Waals surface area contributed by atoms with Crippen molar-refractivity contribution in [1.82, 2.24) is 25.1 Å². The van der Waals surface area contributed by atoms with Gasteiger partial charge in [-0.05, 0) is 42.6 Å². The van der Waals surface area contributed by atoms with Crippen LogP contribution in [0.1, 0.15) is 18.1 Å². The first kappa shape index (κ1) is 17.6. The average molecular weight is 400 g/mol. The van der Waals surface area contributed by atoms with E-state index >= 15 is 0 Å². The quantitative estimate of drug-likeness (QED) is 0.386. The molecule has 1 aromatic carbocycles. The van der Waals surface area contributed by atoms with Crippen LogP contribution in [0.25, 0.3) is 22.2 Å². The fourth-order valence-electron chi connectivity index (χ4n) is 2.40. The number of nitrogens with two attached hydrogens (primary N) is 1. The number of thioether (sulfide) groups is 1. The SMILES string of the molecule is COc1ccc(-c2nnc(S[C@@H](C)c3nnc(-c4cccs4)o3)n2N)cc1. The van der Waals surface area contributed by atoms with Gasteiger partial charge in [0.05, 0.1) is 17.2 Å². The normalized spacial score (nSPS) is 12.2. The summed E-state index contributed by atoms with van der Waals surface area (Å²) in [4.78, 5) is 0.940. The largest absolute Gasteiger partial charge is 0.497 e. The number of nitrogens with zero attached hydrogens (tertiary/aromatic N) is 5. The first-order valence-corrected chi connectivity index (χ1v) is 9.80. The number of methoxy groups -OCH3 is 1.